The molecule has 1 fully saturated rings. The Morgan fingerprint density at radius 3 is 2.70 bits per heavy atom. The van der Waals surface area contributed by atoms with Gasteiger partial charge in [-0.05, 0) is 25.2 Å². The third kappa shape index (κ3) is 3.60. The molecule has 0 aliphatic heterocycles. The normalized spacial score (nSPS) is 23.1. The minimum absolute atomic E-state index is 0.508. The van der Waals surface area contributed by atoms with Crippen molar-refractivity contribution in [2.24, 2.45) is 11.8 Å². The third-order valence-electron chi connectivity index (χ3n) is 4.27. The van der Waals surface area contributed by atoms with Crippen molar-refractivity contribution in [2.75, 3.05) is 10.7 Å². The molecule has 0 radical (unpaired) electrons. The van der Waals surface area contributed by atoms with Gasteiger partial charge >= 0.3 is 0 Å². The fourth-order valence-electron chi connectivity index (χ4n) is 3.03. The lowest BCUT2D eigenvalue weighted by Gasteiger charge is -2.25. The van der Waals surface area contributed by atoms with Gasteiger partial charge in [-0.15, -0.1) is 0 Å². The van der Waals surface area contributed by atoms with E-state index in [2.05, 4.69) is 34.6 Å². The zero-order valence-electron chi connectivity index (χ0n) is 12.7. The van der Waals surface area contributed by atoms with Gasteiger partial charge in [-0.1, -0.05) is 39.5 Å². The molecule has 0 saturated heterocycles. The predicted octanol–water partition coefficient (Wildman–Crippen LogP) is 3.10. The Morgan fingerprint density at radius 2 is 1.95 bits per heavy atom. The molecule has 4 N–H and O–H groups in total. The van der Waals surface area contributed by atoms with Gasteiger partial charge in [-0.25, -0.2) is 15.8 Å². The molecule has 0 spiro atoms. The second-order valence-corrected chi connectivity index (χ2v) is 5.81. The van der Waals surface area contributed by atoms with Crippen LogP contribution in [0.25, 0.3) is 0 Å². The van der Waals surface area contributed by atoms with Gasteiger partial charge in [0.05, 0.1) is 0 Å². The number of nitrogens with one attached hydrogen (secondary N) is 2. The van der Waals surface area contributed by atoms with E-state index in [1.54, 1.807) is 6.33 Å². The van der Waals surface area contributed by atoms with Crippen molar-refractivity contribution in [2.45, 2.75) is 64.8 Å². The van der Waals surface area contributed by atoms with Crippen LogP contribution in [0.3, 0.4) is 0 Å². The van der Waals surface area contributed by atoms with Crippen molar-refractivity contribution in [1.29, 1.82) is 0 Å². The van der Waals surface area contributed by atoms with E-state index in [0.717, 1.165) is 30.0 Å². The third-order valence-corrected chi connectivity index (χ3v) is 4.27. The van der Waals surface area contributed by atoms with E-state index in [-0.39, 0.29) is 0 Å². The van der Waals surface area contributed by atoms with Crippen LogP contribution in [-0.2, 0) is 6.42 Å². The molecule has 1 aromatic heterocycles. The molecule has 1 saturated carbocycles. The van der Waals surface area contributed by atoms with Gasteiger partial charge in [-0.3, -0.25) is 0 Å². The van der Waals surface area contributed by atoms with Crippen LogP contribution < -0.4 is 16.6 Å². The van der Waals surface area contributed by atoms with Gasteiger partial charge in [-0.2, -0.15) is 0 Å². The van der Waals surface area contributed by atoms with Gasteiger partial charge in [0.15, 0.2) is 0 Å². The maximum absolute atomic E-state index is 5.57. The number of hydrazine groups is 1. The number of rotatable bonds is 5. The molecule has 1 aromatic rings. The Labute approximate surface area is 121 Å². The van der Waals surface area contributed by atoms with E-state index in [4.69, 9.17) is 5.84 Å². The largest absolute Gasteiger partial charge is 0.367 e. The van der Waals surface area contributed by atoms with E-state index < -0.39 is 0 Å². The lowest BCUT2D eigenvalue weighted by Crippen LogP contribution is -2.28. The van der Waals surface area contributed by atoms with Crippen LogP contribution in [0, 0.1) is 5.92 Å². The van der Waals surface area contributed by atoms with Gasteiger partial charge in [0.25, 0.3) is 0 Å². The van der Waals surface area contributed by atoms with Crippen molar-refractivity contribution in [3.8, 4) is 0 Å². The first-order valence-corrected chi connectivity index (χ1v) is 7.83. The first kappa shape index (κ1) is 15.0. The summed E-state index contributed by atoms with van der Waals surface area (Å²) in [6.45, 7) is 4.50. The Bertz CT molecular complexity index is 421. The topological polar surface area (TPSA) is 75.9 Å². The second kappa shape index (κ2) is 7.43. The van der Waals surface area contributed by atoms with E-state index >= 15 is 0 Å². The van der Waals surface area contributed by atoms with Gasteiger partial charge in [0.2, 0.25) is 0 Å². The summed E-state index contributed by atoms with van der Waals surface area (Å²) in [6, 6.07) is 0.508. The van der Waals surface area contributed by atoms with E-state index in [1.165, 1.54) is 32.1 Å². The SMILES string of the molecule is CCCc1c(NN)ncnc1NC1CCCCCC1C. The first-order valence-electron chi connectivity index (χ1n) is 7.83. The Balaban J connectivity index is 2.18. The molecular formula is C15H27N5. The van der Waals surface area contributed by atoms with E-state index in [9.17, 15) is 0 Å². The molecule has 1 aliphatic rings. The number of nitrogens with two attached hydrogens (primary N) is 1. The molecule has 2 unspecified atom stereocenters. The first-order chi connectivity index (χ1) is 9.76. The Kier molecular flexibility index (Phi) is 5.59. The summed E-state index contributed by atoms with van der Waals surface area (Å²) in [5.74, 6) is 7.95. The number of nitrogen functional groups attached to an aromatic ring is 1. The molecule has 2 rings (SSSR count). The summed E-state index contributed by atoms with van der Waals surface area (Å²) in [4.78, 5) is 8.67. The van der Waals surface area contributed by atoms with Crippen LogP contribution in [0.15, 0.2) is 6.33 Å². The van der Waals surface area contributed by atoms with Crippen LogP contribution in [0.4, 0.5) is 11.6 Å². The minimum Gasteiger partial charge on any atom is -0.367 e. The standard InChI is InChI=1S/C15H27N5/c1-3-7-12-14(17-10-18-15(12)20-16)19-13-9-6-4-5-8-11(13)2/h10-11,13H,3-9,16H2,1-2H3,(H2,17,18,19,20). The molecule has 1 heterocycles. The van der Waals surface area contributed by atoms with Crippen molar-refractivity contribution in [1.82, 2.24) is 9.97 Å². The number of hydrogen-bond acceptors (Lipinski definition) is 5. The molecule has 112 valence electrons. The fraction of sp³-hybridized carbons (Fsp3) is 0.733. The Hall–Kier alpha value is -1.36. The van der Waals surface area contributed by atoms with E-state index in [1.807, 2.05) is 0 Å². The maximum Gasteiger partial charge on any atom is 0.148 e. The molecule has 1 aliphatic carbocycles. The van der Waals surface area contributed by atoms with E-state index in [0.29, 0.717) is 12.0 Å². The highest BCUT2D eigenvalue weighted by atomic mass is 15.3. The quantitative estimate of drug-likeness (QED) is 0.438. The van der Waals surface area contributed by atoms with Crippen LogP contribution in [-0.4, -0.2) is 16.0 Å². The maximum atomic E-state index is 5.57. The second-order valence-electron chi connectivity index (χ2n) is 5.81. The highest BCUT2D eigenvalue weighted by Crippen LogP contribution is 2.28. The van der Waals surface area contributed by atoms with Crippen LogP contribution in [0.1, 0.15) is 57.9 Å². The Morgan fingerprint density at radius 1 is 1.20 bits per heavy atom. The summed E-state index contributed by atoms with van der Waals surface area (Å²) in [5, 5.41) is 3.65. The molecule has 0 amide bonds. The summed E-state index contributed by atoms with van der Waals surface area (Å²) in [5.41, 5.74) is 3.80. The molecular weight excluding hydrogens is 250 g/mol. The van der Waals surface area contributed by atoms with Crippen molar-refractivity contribution in [3.05, 3.63) is 11.9 Å². The van der Waals surface area contributed by atoms with Crippen LogP contribution in [0.2, 0.25) is 0 Å². The zero-order chi connectivity index (χ0) is 14.4. The molecule has 2 atom stereocenters. The highest BCUT2D eigenvalue weighted by Gasteiger charge is 2.21. The number of anilines is 2. The zero-order valence-corrected chi connectivity index (χ0v) is 12.7. The molecule has 5 nitrogen and oxygen atoms in total. The molecule has 0 aromatic carbocycles. The van der Waals surface area contributed by atoms with Crippen molar-refractivity contribution < 1.29 is 0 Å². The van der Waals surface area contributed by atoms with Gasteiger partial charge in [0, 0.05) is 11.6 Å². The average Bonchev–Trinajstić information content (AvgIpc) is 2.66. The van der Waals surface area contributed by atoms with Gasteiger partial charge < -0.3 is 10.7 Å². The molecule has 20 heavy (non-hydrogen) atoms. The predicted molar refractivity (Wildman–Crippen MR) is 83.5 cm³/mol. The van der Waals surface area contributed by atoms with Crippen molar-refractivity contribution >= 4 is 11.6 Å². The summed E-state index contributed by atoms with van der Waals surface area (Å²) in [6.07, 6.45) is 10.1. The number of aromatic nitrogens is 2. The van der Waals surface area contributed by atoms with Crippen LogP contribution in [0.5, 0.6) is 0 Å². The van der Waals surface area contributed by atoms with Crippen LogP contribution >= 0.6 is 0 Å². The summed E-state index contributed by atoms with van der Waals surface area (Å²) in [7, 11) is 0. The number of hydrogen-bond donors (Lipinski definition) is 3. The monoisotopic (exact) mass is 277 g/mol. The molecule has 5 heteroatoms. The lowest BCUT2D eigenvalue weighted by molar-refractivity contribution is 0.455. The number of nitrogens with zero attached hydrogens (tertiary/aromatic N) is 2. The van der Waals surface area contributed by atoms with Crippen molar-refractivity contribution in [3.63, 3.8) is 0 Å². The van der Waals surface area contributed by atoms with Gasteiger partial charge in [0.1, 0.15) is 18.0 Å². The molecule has 0 bridgehead atoms. The highest BCUT2D eigenvalue weighted by molar-refractivity contribution is 5.57. The average molecular weight is 277 g/mol. The fourth-order valence-corrected chi connectivity index (χ4v) is 3.03. The summed E-state index contributed by atoms with van der Waals surface area (Å²) < 4.78 is 0. The smallest absolute Gasteiger partial charge is 0.148 e. The summed E-state index contributed by atoms with van der Waals surface area (Å²) >= 11 is 0. The lowest BCUT2D eigenvalue weighted by atomic mass is 9.96. The minimum atomic E-state index is 0.508.